The second-order valence-corrected chi connectivity index (χ2v) is 14.8. The number of fused-ring (bicyclic) bond motifs is 2. The van der Waals surface area contributed by atoms with Crippen molar-refractivity contribution in [1.82, 2.24) is 20.4 Å². The Morgan fingerprint density at radius 3 is 2.30 bits per heavy atom. The van der Waals surface area contributed by atoms with Crippen molar-refractivity contribution in [2.75, 3.05) is 18.0 Å². The van der Waals surface area contributed by atoms with Gasteiger partial charge in [-0.05, 0) is 70.6 Å². The number of rotatable bonds is 5. The Morgan fingerprint density at radius 1 is 0.920 bits per heavy atom. The van der Waals surface area contributed by atoms with Crippen LogP contribution in [-0.4, -0.2) is 87.2 Å². The first-order chi connectivity index (χ1) is 23.9. The van der Waals surface area contributed by atoms with E-state index in [1.165, 1.54) is 4.90 Å². The van der Waals surface area contributed by atoms with Gasteiger partial charge in [-0.2, -0.15) is 0 Å². The highest BCUT2D eigenvalue weighted by Crippen LogP contribution is 2.46. The number of nitrogens with zero attached hydrogens (tertiary/aromatic N) is 3. The van der Waals surface area contributed by atoms with E-state index in [1.54, 1.807) is 30.6 Å². The molecule has 2 saturated heterocycles. The summed E-state index contributed by atoms with van der Waals surface area (Å²) in [5.74, 6) is -2.53. The summed E-state index contributed by atoms with van der Waals surface area (Å²) < 4.78 is 5.50. The van der Waals surface area contributed by atoms with Gasteiger partial charge in [-0.15, -0.1) is 0 Å². The number of para-hydroxylation sites is 1. The predicted molar refractivity (Wildman–Crippen MR) is 186 cm³/mol. The fraction of sp³-hybridized carbons (Fsp3) is 0.500. The van der Waals surface area contributed by atoms with E-state index in [-0.39, 0.29) is 37.4 Å². The van der Waals surface area contributed by atoms with Gasteiger partial charge in [0.25, 0.3) is 0 Å². The van der Waals surface area contributed by atoms with Gasteiger partial charge in [-0.3, -0.25) is 14.5 Å². The SMILES string of the molecule is CC(C)(C)OC(=O)NC1CCCCC/C=C/C2CC2(C(=O)O)NC(=O)C2C[C@@H](N3CC(c4ccccc4)N(c4ccccc4)C3=O)CN2C1=O. The third kappa shape index (κ3) is 7.34. The van der Waals surface area contributed by atoms with Crippen LogP contribution >= 0.6 is 0 Å². The number of hydrogen-bond acceptors (Lipinski definition) is 6. The summed E-state index contributed by atoms with van der Waals surface area (Å²) in [6.45, 7) is 5.58. The normalized spacial score (nSPS) is 29.6. The Hall–Kier alpha value is -4.87. The summed E-state index contributed by atoms with van der Waals surface area (Å²) in [5, 5.41) is 15.8. The van der Waals surface area contributed by atoms with E-state index < -0.39 is 53.1 Å². The number of carboxylic acid groups (broad SMARTS) is 1. The van der Waals surface area contributed by atoms with Crippen LogP contribution < -0.4 is 15.5 Å². The van der Waals surface area contributed by atoms with E-state index in [0.717, 1.165) is 30.5 Å². The number of ether oxygens (including phenoxy) is 1. The molecule has 12 heteroatoms. The monoisotopic (exact) mass is 685 g/mol. The minimum absolute atomic E-state index is 0.0443. The lowest BCUT2D eigenvalue weighted by Gasteiger charge is -2.30. The number of carbonyl (C=O) groups is 5. The molecule has 3 N–H and O–H groups in total. The predicted octanol–water partition coefficient (Wildman–Crippen LogP) is 5.01. The summed E-state index contributed by atoms with van der Waals surface area (Å²) in [5.41, 5.74) is -0.566. The van der Waals surface area contributed by atoms with Gasteiger partial charge in [0, 0.05) is 24.7 Å². The van der Waals surface area contributed by atoms with Crippen LogP contribution in [-0.2, 0) is 19.1 Å². The van der Waals surface area contributed by atoms with Crippen molar-refractivity contribution < 1.29 is 33.8 Å². The zero-order chi connectivity index (χ0) is 35.6. The molecule has 3 aliphatic heterocycles. The van der Waals surface area contributed by atoms with E-state index in [0.29, 0.717) is 19.4 Å². The molecule has 0 bridgehead atoms. The van der Waals surface area contributed by atoms with E-state index in [2.05, 4.69) is 10.6 Å². The topological polar surface area (TPSA) is 149 Å². The molecule has 50 heavy (non-hydrogen) atoms. The molecule has 0 radical (unpaired) electrons. The molecule has 2 aromatic rings. The number of nitrogens with one attached hydrogen (secondary N) is 2. The number of carboxylic acids is 1. The van der Waals surface area contributed by atoms with Gasteiger partial charge in [-0.1, -0.05) is 73.5 Å². The molecule has 6 rings (SSSR count). The lowest BCUT2D eigenvalue weighted by molar-refractivity contribution is -0.145. The second-order valence-electron chi connectivity index (χ2n) is 14.8. The fourth-order valence-corrected chi connectivity index (χ4v) is 7.49. The third-order valence-corrected chi connectivity index (χ3v) is 10.1. The average molecular weight is 686 g/mol. The molecular weight excluding hydrogens is 638 g/mol. The minimum atomic E-state index is -1.46. The number of aliphatic carboxylic acids is 1. The van der Waals surface area contributed by atoms with Gasteiger partial charge in [0.1, 0.15) is 23.2 Å². The molecule has 0 spiro atoms. The molecule has 1 saturated carbocycles. The van der Waals surface area contributed by atoms with Crippen LogP contribution in [0.3, 0.4) is 0 Å². The van der Waals surface area contributed by atoms with Crippen LogP contribution in [0.4, 0.5) is 15.3 Å². The van der Waals surface area contributed by atoms with Crippen LogP contribution in [0.2, 0.25) is 0 Å². The number of anilines is 1. The van der Waals surface area contributed by atoms with Crippen LogP contribution in [0.25, 0.3) is 0 Å². The number of carbonyl (C=O) groups excluding carboxylic acids is 4. The molecule has 6 atom stereocenters. The quantitative estimate of drug-likeness (QED) is 0.375. The molecule has 12 nitrogen and oxygen atoms in total. The maximum Gasteiger partial charge on any atom is 0.408 e. The molecule has 5 amide bonds. The first-order valence-corrected chi connectivity index (χ1v) is 17.6. The average Bonchev–Trinajstić information content (AvgIpc) is 3.41. The lowest BCUT2D eigenvalue weighted by atomic mass is 10.0. The number of alkyl carbamates (subject to hydrolysis) is 1. The van der Waals surface area contributed by atoms with Gasteiger partial charge in [0.05, 0.1) is 12.1 Å². The smallest absolute Gasteiger partial charge is 0.408 e. The van der Waals surface area contributed by atoms with Gasteiger partial charge < -0.3 is 30.3 Å². The largest absolute Gasteiger partial charge is 0.479 e. The van der Waals surface area contributed by atoms with Crippen molar-refractivity contribution in [3.8, 4) is 0 Å². The summed E-state index contributed by atoms with van der Waals surface area (Å²) >= 11 is 0. The zero-order valence-electron chi connectivity index (χ0n) is 28.9. The standard InChI is InChI=1S/C38H47N5O7/c1-37(2,3)50-35(48)39-29-20-14-6-4-5-11-17-26-22-38(26,34(46)47)40-32(44)30-21-28(23-42(30)33(29)45)41-24-31(25-15-9-7-10-16-25)43(36(41)49)27-18-12-8-13-19-27/h7-13,15-19,26,28-31H,4-6,14,20-24H2,1-3H3,(H,39,48)(H,40,44)(H,46,47)/b17-11+/t26?,28-,29?,30?,31?,38?/m1/s1. The van der Waals surface area contributed by atoms with Crippen molar-refractivity contribution in [2.45, 2.75) is 101 Å². The number of benzene rings is 2. The van der Waals surface area contributed by atoms with E-state index in [9.17, 15) is 29.1 Å². The first-order valence-electron chi connectivity index (χ1n) is 17.6. The highest BCUT2D eigenvalue weighted by Gasteiger charge is 2.61. The maximum absolute atomic E-state index is 14.5. The number of urea groups is 1. The Morgan fingerprint density at radius 2 is 1.62 bits per heavy atom. The molecule has 0 aromatic heterocycles. The molecule has 3 heterocycles. The van der Waals surface area contributed by atoms with E-state index >= 15 is 0 Å². The second kappa shape index (κ2) is 14.2. The Labute approximate surface area is 292 Å². The van der Waals surface area contributed by atoms with Crippen molar-refractivity contribution in [3.05, 3.63) is 78.4 Å². The maximum atomic E-state index is 14.5. The molecule has 2 aromatic carbocycles. The van der Waals surface area contributed by atoms with Gasteiger partial charge in [0.15, 0.2) is 0 Å². The number of allylic oxidation sites excluding steroid dienone is 1. The van der Waals surface area contributed by atoms with Crippen molar-refractivity contribution in [1.29, 1.82) is 0 Å². The highest BCUT2D eigenvalue weighted by atomic mass is 16.6. The summed E-state index contributed by atoms with van der Waals surface area (Å²) in [7, 11) is 0. The summed E-state index contributed by atoms with van der Waals surface area (Å²) in [4.78, 5) is 73.3. The third-order valence-electron chi connectivity index (χ3n) is 10.1. The first kappa shape index (κ1) is 35.0. The van der Waals surface area contributed by atoms with Crippen LogP contribution in [0.1, 0.15) is 77.3 Å². The number of hydrogen-bond donors (Lipinski definition) is 3. The lowest BCUT2D eigenvalue weighted by Crippen LogP contribution is -2.56. The Kier molecular flexibility index (Phi) is 9.91. The Balaban J connectivity index is 1.33. The summed E-state index contributed by atoms with van der Waals surface area (Å²) in [6, 6.07) is 16.0. The molecule has 4 aliphatic rings. The minimum Gasteiger partial charge on any atom is -0.479 e. The van der Waals surface area contributed by atoms with E-state index in [1.807, 2.05) is 72.8 Å². The Bertz CT molecular complexity index is 1630. The summed E-state index contributed by atoms with van der Waals surface area (Å²) in [6.07, 6.45) is 6.80. The van der Waals surface area contributed by atoms with Crippen LogP contribution in [0.5, 0.6) is 0 Å². The van der Waals surface area contributed by atoms with Gasteiger partial charge in [0.2, 0.25) is 11.8 Å². The van der Waals surface area contributed by atoms with Crippen LogP contribution in [0, 0.1) is 5.92 Å². The van der Waals surface area contributed by atoms with Crippen molar-refractivity contribution in [2.24, 2.45) is 5.92 Å². The highest BCUT2D eigenvalue weighted by molar-refractivity contribution is 5.98. The van der Waals surface area contributed by atoms with Crippen molar-refractivity contribution in [3.63, 3.8) is 0 Å². The van der Waals surface area contributed by atoms with Gasteiger partial charge >= 0.3 is 18.1 Å². The molecule has 5 unspecified atom stereocenters. The molecule has 3 fully saturated rings. The molecule has 266 valence electrons. The van der Waals surface area contributed by atoms with Gasteiger partial charge in [-0.25, -0.2) is 14.4 Å². The molecular formula is C38H47N5O7. The number of amides is 5. The zero-order valence-corrected chi connectivity index (χ0v) is 28.9. The van der Waals surface area contributed by atoms with Crippen LogP contribution in [0.15, 0.2) is 72.8 Å². The fourth-order valence-electron chi connectivity index (χ4n) is 7.49. The molecule has 1 aliphatic carbocycles. The van der Waals surface area contributed by atoms with Crippen molar-refractivity contribution >= 4 is 35.6 Å². The van der Waals surface area contributed by atoms with E-state index in [4.69, 9.17) is 4.74 Å².